The third-order valence-corrected chi connectivity index (χ3v) is 3.30. The first-order chi connectivity index (χ1) is 8.29. The molecule has 94 valence electrons. The predicted octanol–water partition coefficient (Wildman–Crippen LogP) is 1.93. The van der Waals surface area contributed by atoms with E-state index >= 15 is 0 Å². The van der Waals surface area contributed by atoms with Gasteiger partial charge < -0.3 is 10.5 Å². The van der Waals surface area contributed by atoms with Crippen LogP contribution in [0.25, 0.3) is 0 Å². The van der Waals surface area contributed by atoms with Gasteiger partial charge >= 0.3 is 0 Å². The van der Waals surface area contributed by atoms with E-state index in [1.54, 1.807) is 0 Å². The van der Waals surface area contributed by atoms with Gasteiger partial charge in [-0.1, -0.05) is 17.7 Å². The summed E-state index contributed by atoms with van der Waals surface area (Å²) in [6, 6.07) is 6.21. The Kier molecular flexibility index (Phi) is 4.40. The number of hydrogen-bond donors (Lipinski definition) is 1. The number of rotatable bonds is 5. The van der Waals surface area contributed by atoms with Crippen LogP contribution in [0.5, 0.6) is 5.75 Å². The smallest absolute Gasteiger partial charge is 0.123 e. The molecule has 0 unspecified atom stereocenters. The third-order valence-electron chi connectivity index (χ3n) is 3.30. The van der Waals surface area contributed by atoms with E-state index in [-0.39, 0.29) is 0 Å². The monoisotopic (exact) mass is 234 g/mol. The molecule has 17 heavy (non-hydrogen) atoms. The summed E-state index contributed by atoms with van der Waals surface area (Å²) in [6.07, 6.45) is 2.66. The van der Waals surface area contributed by atoms with Crippen molar-refractivity contribution in [3.8, 4) is 5.75 Å². The second-order valence-corrected chi connectivity index (χ2v) is 4.71. The zero-order valence-corrected chi connectivity index (χ0v) is 10.6. The maximum absolute atomic E-state index is 5.82. The SMILES string of the molecule is Cc1ccc(OCCN2CCCC2)c(CN)c1. The molecule has 3 nitrogen and oxygen atoms in total. The van der Waals surface area contributed by atoms with E-state index in [0.717, 1.165) is 24.5 Å². The second kappa shape index (κ2) is 6.03. The van der Waals surface area contributed by atoms with E-state index in [1.165, 1.54) is 31.5 Å². The summed E-state index contributed by atoms with van der Waals surface area (Å²) in [5, 5.41) is 0. The van der Waals surface area contributed by atoms with Crippen molar-refractivity contribution in [3.63, 3.8) is 0 Å². The van der Waals surface area contributed by atoms with Crippen LogP contribution in [0.1, 0.15) is 24.0 Å². The van der Waals surface area contributed by atoms with E-state index in [1.807, 2.05) is 6.07 Å². The molecule has 0 bridgehead atoms. The van der Waals surface area contributed by atoms with E-state index in [0.29, 0.717) is 6.54 Å². The Balaban J connectivity index is 1.85. The maximum atomic E-state index is 5.82. The lowest BCUT2D eigenvalue weighted by Crippen LogP contribution is -2.25. The molecule has 2 N–H and O–H groups in total. The zero-order chi connectivity index (χ0) is 12.1. The van der Waals surface area contributed by atoms with Crippen LogP contribution in [-0.4, -0.2) is 31.1 Å². The first-order valence-electron chi connectivity index (χ1n) is 6.44. The Morgan fingerprint density at radius 3 is 2.76 bits per heavy atom. The first-order valence-corrected chi connectivity index (χ1v) is 6.44. The van der Waals surface area contributed by atoms with Gasteiger partial charge in [-0.2, -0.15) is 0 Å². The molecule has 2 rings (SSSR count). The third kappa shape index (κ3) is 3.45. The fourth-order valence-corrected chi connectivity index (χ4v) is 2.30. The quantitative estimate of drug-likeness (QED) is 0.846. The summed E-state index contributed by atoms with van der Waals surface area (Å²) in [5.41, 5.74) is 8.06. The molecule has 0 saturated carbocycles. The van der Waals surface area contributed by atoms with Gasteiger partial charge in [-0.3, -0.25) is 4.90 Å². The van der Waals surface area contributed by atoms with Crippen LogP contribution in [-0.2, 0) is 6.54 Å². The summed E-state index contributed by atoms with van der Waals surface area (Å²) in [6.45, 7) is 6.85. The molecule has 0 aliphatic carbocycles. The Morgan fingerprint density at radius 2 is 2.06 bits per heavy atom. The van der Waals surface area contributed by atoms with Crippen molar-refractivity contribution in [1.82, 2.24) is 4.90 Å². The Bertz CT molecular complexity index is 359. The Morgan fingerprint density at radius 1 is 1.29 bits per heavy atom. The average Bonchev–Trinajstić information content (AvgIpc) is 2.84. The maximum Gasteiger partial charge on any atom is 0.123 e. The number of likely N-dealkylation sites (tertiary alicyclic amines) is 1. The number of benzene rings is 1. The highest BCUT2D eigenvalue weighted by Gasteiger charge is 2.11. The topological polar surface area (TPSA) is 38.5 Å². The molecule has 1 aliphatic heterocycles. The van der Waals surface area contributed by atoms with Crippen LogP contribution in [0, 0.1) is 6.92 Å². The molecular weight excluding hydrogens is 212 g/mol. The predicted molar refractivity (Wildman–Crippen MR) is 70.2 cm³/mol. The van der Waals surface area contributed by atoms with Gasteiger partial charge in [0.15, 0.2) is 0 Å². The molecule has 1 aliphatic rings. The normalized spacial score (nSPS) is 16.4. The molecular formula is C14H22N2O. The largest absolute Gasteiger partial charge is 0.492 e. The Hall–Kier alpha value is -1.06. The van der Waals surface area contributed by atoms with Gasteiger partial charge in [0.1, 0.15) is 12.4 Å². The lowest BCUT2D eigenvalue weighted by Gasteiger charge is -2.16. The minimum absolute atomic E-state index is 0.542. The van der Waals surface area contributed by atoms with Gasteiger partial charge in [0.25, 0.3) is 0 Å². The summed E-state index contributed by atoms with van der Waals surface area (Å²) in [5.74, 6) is 0.942. The number of nitrogens with two attached hydrogens (primary N) is 1. The number of nitrogens with zero attached hydrogens (tertiary/aromatic N) is 1. The molecule has 0 radical (unpaired) electrons. The highest BCUT2D eigenvalue weighted by Crippen LogP contribution is 2.19. The molecule has 1 aromatic carbocycles. The van der Waals surface area contributed by atoms with Gasteiger partial charge in [-0.15, -0.1) is 0 Å². The summed E-state index contributed by atoms with van der Waals surface area (Å²) >= 11 is 0. The van der Waals surface area contributed by atoms with E-state index < -0.39 is 0 Å². The van der Waals surface area contributed by atoms with Crippen molar-refractivity contribution in [2.45, 2.75) is 26.3 Å². The second-order valence-electron chi connectivity index (χ2n) is 4.71. The highest BCUT2D eigenvalue weighted by atomic mass is 16.5. The van der Waals surface area contributed by atoms with Gasteiger partial charge in [0, 0.05) is 18.7 Å². The van der Waals surface area contributed by atoms with Crippen molar-refractivity contribution in [1.29, 1.82) is 0 Å². The van der Waals surface area contributed by atoms with E-state index in [4.69, 9.17) is 10.5 Å². The van der Waals surface area contributed by atoms with Gasteiger partial charge in [-0.25, -0.2) is 0 Å². The van der Waals surface area contributed by atoms with Crippen molar-refractivity contribution >= 4 is 0 Å². The van der Waals surface area contributed by atoms with Crippen LogP contribution in [0.2, 0.25) is 0 Å². The summed E-state index contributed by atoms with van der Waals surface area (Å²) in [7, 11) is 0. The fourth-order valence-electron chi connectivity index (χ4n) is 2.30. The molecule has 1 fully saturated rings. The Labute approximate surface area is 104 Å². The first kappa shape index (κ1) is 12.4. The molecule has 1 saturated heterocycles. The molecule has 0 amide bonds. The lowest BCUT2D eigenvalue weighted by molar-refractivity contribution is 0.236. The number of aryl methyl sites for hydroxylation is 1. The highest BCUT2D eigenvalue weighted by molar-refractivity contribution is 5.36. The zero-order valence-electron chi connectivity index (χ0n) is 10.6. The van der Waals surface area contributed by atoms with Crippen LogP contribution in [0.3, 0.4) is 0 Å². The van der Waals surface area contributed by atoms with Crippen molar-refractivity contribution < 1.29 is 4.74 Å². The number of ether oxygens (including phenoxy) is 1. The molecule has 0 spiro atoms. The lowest BCUT2D eigenvalue weighted by atomic mass is 10.1. The van der Waals surface area contributed by atoms with Crippen molar-refractivity contribution in [2.75, 3.05) is 26.2 Å². The summed E-state index contributed by atoms with van der Waals surface area (Å²) < 4.78 is 5.82. The van der Waals surface area contributed by atoms with E-state index in [9.17, 15) is 0 Å². The van der Waals surface area contributed by atoms with Gasteiger partial charge in [0.2, 0.25) is 0 Å². The number of hydrogen-bond acceptors (Lipinski definition) is 3. The summed E-state index contributed by atoms with van der Waals surface area (Å²) in [4.78, 5) is 2.45. The standard InChI is InChI=1S/C14H22N2O/c1-12-4-5-14(13(10-12)11-15)17-9-8-16-6-2-3-7-16/h4-5,10H,2-3,6-9,11,15H2,1H3. The molecule has 1 aromatic rings. The minimum Gasteiger partial charge on any atom is -0.492 e. The van der Waals surface area contributed by atoms with Crippen LogP contribution < -0.4 is 10.5 Å². The van der Waals surface area contributed by atoms with Crippen LogP contribution in [0.4, 0.5) is 0 Å². The molecule has 0 aromatic heterocycles. The molecule has 3 heteroatoms. The van der Waals surface area contributed by atoms with Crippen LogP contribution >= 0.6 is 0 Å². The minimum atomic E-state index is 0.542. The van der Waals surface area contributed by atoms with Crippen molar-refractivity contribution in [2.24, 2.45) is 5.73 Å². The van der Waals surface area contributed by atoms with E-state index in [2.05, 4.69) is 24.0 Å². The van der Waals surface area contributed by atoms with Crippen LogP contribution in [0.15, 0.2) is 18.2 Å². The average molecular weight is 234 g/mol. The van der Waals surface area contributed by atoms with Gasteiger partial charge in [0.05, 0.1) is 0 Å². The fraction of sp³-hybridized carbons (Fsp3) is 0.571. The van der Waals surface area contributed by atoms with Crippen molar-refractivity contribution in [3.05, 3.63) is 29.3 Å². The molecule has 0 atom stereocenters. The molecule has 1 heterocycles. The van der Waals surface area contributed by atoms with Gasteiger partial charge in [-0.05, 0) is 38.9 Å².